The average Bonchev–Trinajstić information content (AvgIpc) is 3.14. The quantitative estimate of drug-likeness (QED) is 0.940. The lowest BCUT2D eigenvalue weighted by Gasteiger charge is -2.46. The van der Waals surface area contributed by atoms with Crippen molar-refractivity contribution in [3.05, 3.63) is 47.8 Å². The molecule has 5 nitrogen and oxygen atoms in total. The highest BCUT2D eigenvalue weighted by atomic mass is 16.5. The normalized spacial score (nSPS) is 26.5. The molecule has 0 bridgehead atoms. The fraction of sp³-hybridized carbons (Fsp3) is 0.474. The molecule has 5 heteroatoms. The lowest BCUT2D eigenvalue weighted by Crippen LogP contribution is -2.51. The molecule has 1 aromatic carbocycles. The maximum absolute atomic E-state index is 6.56. The van der Waals surface area contributed by atoms with Gasteiger partial charge in [0.15, 0.2) is 11.5 Å². The molecule has 24 heavy (non-hydrogen) atoms. The second-order valence-electron chi connectivity index (χ2n) is 6.76. The van der Waals surface area contributed by atoms with Crippen LogP contribution in [0.25, 0.3) is 0 Å². The first-order valence-electron chi connectivity index (χ1n) is 8.58. The summed E-state index contributed by atoms with van der Waals surface area (Å²) in [6, 6.07) is 9.29. The Hall–Kier alpha value is -1.98. The fourth-order valence-electron chi connectivity index (χ4n) is 4.25. The van der Waals surface area contributed by atoms with Crippen LogP contribution in [0.1, 0.15) is 29.6 Å². The fourth-order valence-corrected chi connectivity index (χ4v) is 4.25. The molecule has 3 heterocycles. The van der Waals surface area contributed by atoms with Crippen LogP contribution in [-0.2, 0) is 6.42 Å². The Morgan fingerprint density at radius 1 is 1.08 bits per heavy atom. The van der Waals surface area contributed by atoms with Crippen LogP contribution in [0.3, 0.4) is 0 Å². The maximum Gasteiger partial charge on any atom is 0.161 e. The number of methoxy groups -OCH3 is 2. The molecule has 1 aromatic heterocycles. The van der Waals surface area contributed by atoms with E-state index in [9.17, 15) is 0 Å². The number of aromatic nitrogens is 1. The van der Waals surface area contributed by atoms with Crippen molar-refractivity contribution in [2.24, 2.45) is 5.73 Å². The number of nitrogens with two attached hydrogens (primary N) is 1. The van der Waals surface area contributed by atoms with Crippen molar-refractivity contribution in [2.45, 2.75) is 31.0 Å². The zero-order chi connectivity index (χ0) is 16.7. The van der Waals surface area contributed by atoms with Crippen molar-refractivity contribution in [2.75, 3.05) is 27.3 Å². The van der Waals surface area contributed by atoms with Crippen molar-refractivity contribution in [1.29, 1.82) is 0 Å². The van der Waals surface area contributed by atoms with E-state index < -0.39 is 0 Å². The SMILES string of the molecule is COc1cc2c(cc1OC)[C@H]1C[C@@H](N)[C@H](n3cccc3)CN1CC2. The summed E-state index contributed by atoms with van der Waals surface area (Å²) >= 11 is 0. The van der Waals surface area contributed by atoms with Gasteiger partial charge in [0, 0.05) is 37.6 Å². The molecule has 2 aliphatic rings. The van der Waals surface area contributed by atoms with E-state index in [4.69, 9.17) is 15.2 Å². The summed E-state index contributed by atoms with van der Waals surface area (Å²) in [6.45, 7) is 2.06. The maximum atomic E-state index is 6.56. The largest absolute Gasteiger partial charge is 0.493 e. The number of ether oxygens (including phenoxy) is 2. The standard InChI is InChI=1S/C19H25N3O2/c1-23-18-9-13-5-8-22-12-17(21-6-3-4-7-21)15(20)11-16(22)14(13)10-19(18)24-2/h3-4,6-7,9-10,15-17H,5,8,11-12,20H2,1-2H3/t15-,16-,17-/m1/s1. The number of fused-ring (bicyclic) bond motifs is 3. The van der Waals surface area contributed by atoms with Crippen LogP contribution in [0.2, 0.25) is 0 Å². The van der Waals surface area contributed by atoms with Gasteiger partial charge in [-0.25, -0.2) is 0 Å². The molecule has 0 amide bonds. The van der Waals surface area contributed by atoms with Gasteiger partial charge in [-0.2, -0.15) is 0 Å². The summed E-state index contributed by atoms with van der Waals surface area (Å²) in [4.78, 5) is 2.57. The third kappa shape index (κ3) is 2.48. The molecule has 0 saturated carbocycles. The van der Waals surface area contributed by atoms with E-state index in [1.807, 2.05) is 0 Å². The molecule has 2 aliphatic heterocycles. The van der Waals surface area contributed by atoms with Crippen LogP contribution >= 0.6 is 0 Å². The van der Waals surface area contributed by atoms with E-state index >= 15 is 0 Å². The average molecular weight is 327 g/mol. The first-order chi connectivity index (χ1) is 11.7. The Balaban J connectivity index is 1.66. The van der Waals surface area contributed by atoms with Crippen molar-refractivity contribution in [3.63, 3.8) is 0 Å². The molecule has 128 valence electrons. The van der Waals surface area contributed by atoms with E-state index in [0.29, 0.717) is 12.1 Å². The summed E-state index contributed by atoms with van der Waals surface area (Å²) in [5.41, 5.74) is 9.27. The Morgan fingerprint density at radius 3 is 2.50 bits per heavy atom. The molecular weight excluding hydrogens is 302 g/mol. The Labute approximate surface area is 143 Å². The van der Waals surface area contributed by atoms with Crippen LogP contribution in [-0.4, -0.2) is 42.8 Å². The molecule has 4 rings (SSSR count). The van der Waals surface area contributed by atoms with Gasteiger partial charge in [-0.1, -0.05) is 0 Å². The van der Waals surface area contributed by atoms with E-state index in [1.165, 1.54) is 11.1 Å². The first kappa shape index (κ1) is 15.5. The van der Waals surface area contributed by atoms with E-state index in [2.05, 4.69) is 46.1 Å². The Morgan fingerprint density at radius 2 is 1.79 bits per heavy atom. The minimum atomic E-state index is 0.151. The predicted octanol–water partition coefficient (Wildman–Crippen LogP) is 2.38. The van der Waals surface area contributed by atoms with Crippen LogP contribution in [0.4, 0.5) is 0 Å². The topological polar surface area (TPSA) is 52.7 Å². The smallest absolute Gasteiger partial charge is 0.161 e. The van der Waals surface area contributed by atoms with Gasteiger partial charge in [-0.3, -0.25) is 4.90 Å². The predicted molar refractivity (Wildman–Crippen MR) is 93.6 cm³/mol. The van der Waals surface area contributed by atoms with Crippen LogP contribution < -0.4 is 15.2 Å². The summed E-state index contributed by atoms with van der Waals surface area (Å²) in [5, 5.41) is 0. The van der Waals surface area contributed by atoms with Crippen molar-refractivity contribution < 1.29 is 9.47 Å². The number of rotatable bonds is 3. The van der Waals surface area contributed by atoms with Gasteiger partial charge in [0.1, 0.15) is 0 Å². The molecule has 2 aromatic rings. The summed E-state index contributed by atoms with van der Waals surface area (Å²) < 4.78 is 13.2. The second kappa shape index (κ2) is 6.15. The van der Waals surface area contributed by atoms with Gasteiger partial charge in [0.05, 0.1) is 20.3 Å². The highest BCUT2D eigenvalue weighted by Crippen LogP contribution is 2.43. The van der Waals surface area contributed by atoms with Gasteiger partial charge >= 0.3 is 0 Å². The molecule has 0 unspecified atom stereocenters. The number of hydrogen-bond acceptors (Lipinski definition) is 4. The molecule has 1 saturated heterocycles. The number of nitrogens with zero attached hydrogens (tertiary/aromatic N) is 2. The van der Waals surface area contributed by atoms with Gasteiger partial charge in [-0.15, -0.1) is 0 Å². The molecule has 2 N–H and O–H groups in total. The number of hydrogen-bond donors (Lipinski definition) is 1. The summed E-state index contributed by atoms with van der Waals surface area (Å²) in [5.74, 6) is 1.62. The van der Waals surface area contributed by atoms with Crippen LogP contribution in [0.15, 0.2) is 36.7 Å². The van der Waals surface area contributed by atoms with E-state index in [-0.39, 0.29) is 6.04 Å². The number of benzene rings is 1. The minimum Gasteiger partial charge on any atom is -0.493 e. The second-order valence-corrected chi connectivity index (χ2v) is 6.76. The summed E-state index contributed by atoms with van der Waals surface area (Å²) in [6.07, 6.45) is 6.25. The molecule has 1 fully saturated rings. The highest BCUT2D eigenvalue weighted by molar-refractivity contribution is 5.49. The summed E-state index contributed by atoms with van der Waals surface area (Å²) in [7, 11) is 3.39. The number of piperidine rings is 1. The molecular formula is C19H25N3O2. The van der Waals surface area contributed by atoms with Crippen molar-refractivity contribution >= 4 is 0 Å². The van der Waals surface area contributed by atoms with Gasteiger partial charge in [-0.05, 0) is 48.2 Å². The third-order valence-corrected chi connectivity index (χ3v) is 5.54. The minimum absolute atomic E-state index is 0.151. The van der Waals surface area contributed by atoms with Crippen LogP contribution in [0.5, 0.6) is 11.5 Å². The van der Waals surface area contributed by atoms with Crippen LogP contribution in [0, 0.1) is 0 Å². The molecule has 3 atom stereocenters. The molecule has 0 spiro atoms. The van der Waals surface area contributed by atoms with Gasteiger partial charge in [0.25, 0.3) is 0 Å². The van der Waals surface area contributed by atoms with Crippen molar-refractivity contribution in [1.82, 2.24) is 9.47 Å². The van der Waals surface area contributed by atoms with Gasteiger partial charge in [0.2, 0.25) is 0 Å². The molecule has 0 aliphatic carbocycles. The third-order valence-electron chi connectivity index (χ3n) is 5.54. The highest BCUT2D eigenvalue weighted by Gasteiger charge is 2.38. The molecule has 0 radical (unpaired) electrons. The van der Waals surface area contributed by atoms with E-state index in [1.54, 1.807) is 14.2 Å². The first-order valence-corrected chi connectivity index (χ1v) is 8.58. The monoisotopic (exact) mass is 327 g/mol. The lowest BCUT2D eigenvalue weighted by atomic mass is 9.83. The van der Waals surface area contributed by atoms with E-state index in [0.717, 1.165) is 37.4 Å². The zero-order valence-corrected chi connectivity index (χ0v) is 14.3. The van der Waals surface area contributed by atoms with Crippen molar-refractivity contribution in [3.8, 4) is 11.5 Å². The Bertz CT molecular complexity index is 714. The van der Waals surface area contributed by atoms with Gasteiger partial charge < -0.3 is 19.8 Å². The zero-order valence-electron chi connectivity index (χ0n) is 14.3. The lowest BCUT2D eigenvalue weighted by molar-refractivity contribution is 0.0870. The Kier molecular flexibility index (Phi) is 3.98.